The van der Waals surface area contributed by atoms with Crippen LogP contribution in [0.25, 0.3) is 0 Å². The quantitative estimate of drug-likeness (QED) is 0.485. The Morgan fingerprint density at radius 2 is 2.18 bits per heavy atom. The maximum Gasteiger partial charge on any atom is 0.340 e. The van der Waals surface area contributed by atoms with Crippen LogP contribution >= 0.6 is 0 Å². The van der Waals surface area contributed by atoms with E-state index in [-0.39, 0.29) is 23.4 Å². The van der Waals surface area contributed by atoms with Gasteiger partial charge in [-0.15, -0.1) is 0 Å². The van der Waals surface area contributed by atoms with Gasteiger partial charge < -0.3 is 9.84 Å². The van der Waals surface area contributed by atoms with Crippen LogP contribution in [0.1, 0.15) is 27.6 Å². The minimum Gasteiger partial charge on any atom is -0.478 e. The van der Waals surface area contributed by atoms with Crippen molar-refractivity contribution in [2.45, 2.75) is 6.92 Å². The first-order valence-electron chi connectivity index (χ1n) is 4.72. The fourth-order valence-corrected chi connectivity index (χ4v) is 1.19. The molecule has 0 atom stereocenters. The number of hydrogen-bond acceptors (Lipinski definition) is 5. The van der Waals surface area contributed by atoms with Gasteiger partial charge in [-0.3, -0.25) is 0 Å². The van der Waals surface area contributed by atoms with E-state index in [4.69, 9.17) is 9.84 Å². The number of hydrogen-bond donors (Lipinski definition) is 1. The molecule has 0 saturated carbocycles. The minimum absolute atomic E-state index is 0.0280. The summed E-state index contributed by atoms with van der Waals surface area (Å²) in [6, 6.07) is 3.59. The van der Waals surface area contributed by atoms with Crippen LogP contribution in [0.3, 0.4) is 0 Å². The monoisotopic (exact) mass is 235 g/mol. The Morgan fingerprint density at radius 3 is 2.71 bits per heavy atom. The molecule has 0 heterocycles. The Kier molecular flexibility index (Phi) is 4.14. The standard InChI is InChI=1S/C11H9NO5/c1-2-17-11(16)8-4-3-7(10(14)15)5-9(8)12-6-13/h3-5H,2H2,1H3,(H,14,15). The average Bonchev–Trinajstić information content (AvgIpc) is 2.29. The topological polar surface area (TPSA) is 93.0 Å². The molecule has 88 valence electrons. The number of carboxylic acid groups (broad SMARTS) is 1. The van der Waals surface area contributed by atoms with Gasteiger partial charge in [0.1, 0.15) is 0 Å². The summed E-state index contributed by atoms with van der Waals surface area (Å²) in [6.45, 7) is 1.80. The molecule has 0 amide bonds. The molecule has 1 N–H and O–H groups in total. The van der Waals surface area contributed by atoms with Crippen LogP contribution in [0.4, 0.5) is 5.69 Å². The van der Waals surface area contributed by atoms with Crippen molar-refractivity contribution in [2.75, 3.05) is 6.61 Å². The molecule has 0 aromatic heterocycles. The lowest BCUT2D eigenvalue weighted by atomic mass is 10.1. The van der Waals surface area contributed by atoms with E-state index in [9.17, 15) is 14.4 Å². The zero-order valence-electron chi connectivity index (χ0n) is 8.97. The fourth-order valence-electron chi connectivity index (χ4n) is 1.19. The molecule has 0 unspecified atom stereocenters. The third-order valence-corrected chi connectivity index (χ3v) is 1.91. The first-order valence-corrected chi connectivity index (χ1v) is 4.72. The first kappa shape index (κ1) is 12.6. The molecule has 1 aromatic carbocycles. The smallest absolute Gasteiger partial charge is 0.340 e. The molecule has 0 spiro atoms. The van der Waals surface area contributed by atoms with Gasteiger partial charge in [-0.25, -0.2) is 14.4 Å². The number of benzene rings is 1. The van der Waals surface area contributed by atoms with Crippen LogP contribution in [0.2, 0.25) is 0 Å². The molecule has 0 fully saturated rings. The molecule has 6 heteroatoms. The van der Waals surface area contributed by atoms with E-state index in [2.05, 4.69) is 4.99 Å². The Labute approximate surface area is 96.5 Å². The maximum atomic E-state index is 11.5. The van der Waals surface area contributed by atoms with Crippen LogP contribution < -0.4 is 0 Å². The summed E-state index contributed by atoms with van der Waals surface area (Å²) >= 11 is 0. The van der Waals surface area contributed by atoms with E-state index in [1.165, 1.54) is 18.2 Å². The third kappa shape index (κ3) is 2.99. The van der Waals surface area contributed by atoms with Crippen molar-refractivity contribution < 1.29 is 24.2 Å². The van der Waals surface area contributed by atoms with Crippen LogP contribution in [0, 0.1) is 0 Å². The number of isocyanates is 1. The Morgan fingerprint density at radius 1 is 1.47 bits per heavy atom. The highest BCUT2D eigenvalue weighted by Crippen LogP contribution is 2.21. The lowest BCUT2D eigenvalue weighted by Gasteiger charge is -2.04. The highest BCUT2D eigenvalue weighted by atomic mass is 16.5. The molecule has 0 bridgehead atoms. The lowest BCUT2D eigenvalue weighted by Crippen LogP contribution is -2.06. The second-order valence-corrected chi connectivity index (χ2v) is 2.96. The van der Waals surface area contributed by atoms with E-state index < -0.39 is 11.9 Å². The number of ether oxygens (including phenoxy) is 1. The number of carbonyl (C=O) groups excluding carboxylic acids is 2. The fraction of sp³-hybridized carbons (Fsp3) is 0.182. The van der Waals surface area contributed by atoms with Crippen molar-refractivity contribution in [3.8, 4) is 0 Å². The van der Waals surface area contributed by atoms with E-state index in [1.807, 2.05) is 0 Å². The largest absolute Gasteiger partial charge is 0.478 e. The lowest BCUT2D eigenvalue weighted by molar-refractivity contribution is 0.0526. The Balaban J connectivity index is 3.26. The highest BCUT2D eigenvalue weighted by Gasteiger charge is 2.14. The maximum absolute atomic E-state index is 11.5. The number of nitrogens with zero attached hydrogens (tertiary/aromatic N) is 1. The zero-order valence-corrected chi connectivity index (χ0v) is 8.97. The molecule has 0 radical (unpaired) electrons. The van der Waals surface area contributed by atoms with E-state index in [0.717, 1.165) is 6.07 Å². The van der Waals surface area contributed by atoms with E-state index in [0.29, 0.717) is 0 Å². The zero-order chi connectivity index (χ0) is 12.8. The molecule has 0 saturated heterocycles. The van der Waals surface area contributed by atoms with Crippen molar-refractivity contribution in [3.05, 3.63) is 29.3 Å². The van der Waals surface area contributed by atoms with Crippen molar-refractivity contribution >= 4 is 23.7 Å². The van der Waals surface area contributed by atoms with Crippen LogP contribution in [-0.4, -0.2) is 29.7 Å². The number of aromatic carboxylic acids is 1. The molecule has 0 aliphatic rings. The molecule has 0 aliphatic heterocycles. The normalized spacial score (nSPS) is 9.24. The number of esters is 1. The summed E-state index contributed by atoms with van der Waals surface area (Å²) in [7, 11) is 0. The van der Waals surface area contributed by atoms with Gasteiger partial charge in [0.05, 0.1) is 23.4 Å². The number of rotatable bonds is 4. The second kappa shape index (κ2) is 5.58. The van der Waals surface area contributed by atoms with Gasteiger partial charge in [0.25, 0.3) is 0 Å². The van der Waals surface area contributed by atoms with Crippen LogP contribution in [0.5, 0.6) is 0 Å². The minimum atomic E-state index is -1.18. The molecule has 0 aliphatic carbocycles. The molecule has 1 aromatic rings. The third-order valence-electron chi connectivity index (χ3n) is 1.91. The predicted molar refractivity (Wildman–Crippen MR) is 57.1 cm³/mol. The van der Waals surface area contributed by atoms with E-state index in [1.54, 1.807) is 6.92 Å². The predicted octanol–water partition coefficient (Wildman–Crippen LogP) is 1.53. The molecular formula is C11H9NO5. The summed E-state index contributed by atoms with van der Waals surface area (Å²) in [5.41, 5.74) is -0.120. The number of carboxylic acids is 1. The van der Waals surface area contributed by atoms with Crippen molar-refractivity contribution in [1.29, 1.82) is 0 Å². The first-order chi connectivity index (χ1) is 8.10. The molecule has 6 nitrogen and oxygen atoms in total. The van der Waals surface area contributed by atoms with Gasteiger partial charge in [0.15, 0.2) is 0 Å². The highest BCUT2D eigenvalue weighted by molar-refractivity contribution is 5.98. The van der Waals surface area contributed by atoms with Crippen LogP contribution in [0.15, 0.2) is 23.2 Å². The van der Waals surface area contributed by atoms with Crippen molar-refractivity contribution in [1.82, 2.24) is 0 Å². The van der Waals surface area contributed by atoms with Gasteiger partial charge in [0.2, 0.25) is 6.08 Å². The summed E-state index contributed by atoms with van der Waals surface area (Å²) in [4.78, 5) is 35.7. The number of carbonyl (C=O) groups is 2. The van der Waals surface area contributed by atoms with Gasteiger partial charge in [-0.1, -0.05) is 0 Å². The summed E-state index contributed by atoms with van der Waals surface area (Å²) in [6.07, 6.45) is 1.26. The Bertz CT molecular complexity index is 503. The van der Waals surface area contributed by atoms with Gasteiger partial charge >= 0.3 is 11.9 Å². The van der Waals surface area contributed by atoms with Gasteiger partial charge in [-0.05, 0) is 25.1 Å². The average molecular weight is 235 g/mol. The molecule has 17 heavy (non-hydrogen) atoms. The molecule has 1 rings (SSSR count). The van der Waals surface area contributed by atoms with Gasteiger partial charge in [-0.2, -0.15) is 4.99 Å². The Hall–Kier alpha value is -2.46. The summed E-state index contributed by atoms with van der Waals surface area (Å²) in [5.74, 6) is -1.85. The van der Waals surface area contributed by atoms with Crippen LogP contribution in [-0.2, 0) is 9.53 Å². The molecular weight excluding hydrogens is 226 g/mol. The summed E-state index contributed by atoms with van der Waals surface area (Å²) < 4.78 is 4.74. The summed E-state index contributed by atoms with van der Waals surface area (Å²) in [5, 5.41) is 8.75. The SMILES string of the molecule is CCOC(=O)c1ccc(C(=O)O)cc1N=C=O. The van der Waals surface area contributed by atoms with Crippen molar-refractivity contribution in [2.24, 2.45) is 4.99 Å². The number of aliphatic imine (C=N–C) groups is 1. The van der Waals surface area contributed by atoms with E-state index >= 15 is 0 Å². The van der Waals surface area contributed by atoms with Gasteiger partial charge in [0, 0.05) is 0 Å². The second-order valence-electron chi connectivity index (χ2n) is 2.96. The van der Waals surface area contributed by atoms with Crippen molar-refractivity contribution in [3.63, 3.8) is 0 Å².